The maximum atomic E-state index is 9.42. The van der Waals surface area contributed by atoms with Crippen LogP contribution in [0.2, 0.25) is 0 Å². The van der Waals surface area contributed by atoms with Crippen molar-refractivity contribution in [2.24, 2.45) is 0 Å². The molecule has 13 heavy (non-hydrogen) atoms. The number of aliphatic hydroxyl groups is 4. The summed E-state index contributed by atoms with van der Waals surface area (Å²) in [6.07, 6.45) is -1.94. The topological polar surface area (TPSA) is 93.0 Å². The monoisotopic (exact) mass is 189 g/mol. The summed E-state index contributed by atoms with van der Waals surface area (Å²) in [7, 11) is 1.63. The highest BCUT2D eigenvalue weighted by Gasteiger charge is 2.36. The average molecular weight is 189 g/mol. The largest absolute Gasteiger partial charge is 0.392 e. The summed E-state index contributed by atoms with van der Waals surface area (Å²) < 4.78 is 0. The minimum absolute atomic E-state index is 0.316. The van der Waals surface area contributed by atoms with Crippen molar-refractivity contribution in [1.82, 2.24) is 5.32 Å². The van der Waals surface area contributed by atoms with Crippen LogP contribution in [0.15, 0.2) is 11.6 Å². The van der Waals surface area contributed by atoms with Crippen molar-refractivity contribution in [2.75, 3.05) is 13.7 Å². The lowest BCUT2D eigenvalue weighted by molar-refractivity contribution is -0.0633. The van der Waals surface area contributed by atoms with Crippen molar-refractivity contribution in [1.29, 1.82) is 0 Å². The molecule has 0 aliphatic heterocycles. The molecular weight excluding hydrogens is 174 g/mol. The SMILES string of the molecule is CNC1C=C(CO)C(O)C(O)C1O. The first-order valence-electron chi connectivity index (χ1n) is 4.14. The van der Waals surface area contributed by atoms with Gasteiger partial charge in [-0.05, 0) is 12.6 Å². The maximum absolute atomic E-state index is 9.42. The fourth-order valence-electron chi connectivity index (χ4n) is 1.45. The Morgan fingerprint density at radius 2 is 1.92 bits per heavy atom. The molecule has 1 rings (SSSR count). The van der Waals surface area contributed by atoms with Gasteiger partial charge in [0.1, 0.15) is 18.3 Å². The fraction of sp³-hybridized carbons (Fsp3) is 0.750. The summed E-state index contributed by atoms with van der Waals surface area (Å²) in [5, 5.41) is 39.7. The normalized spacial score (nSPS) is 40.2. The van der Waals surface area contributed by atoms with Crippen molar-refractivity contribution in [3.05, 3.63) is 11.6 Å². The molecule has 0 saturated heterocycles. The third-order valence-corrected chi connectivity index (χ3v) is 2.33. The van der Waals surface area contributed by atoms with Gasteiger partial charge in [-0.2, -0.15) is 0 Å². The number of rotatable bonds is 2. The Balaban J connectivity index is 2.86. The first-order valence-corrected chi connectivity index (χ1v) is 4.14. The van der Waals surface area contributed by atoms with Crippen LogP contribution in [-0.2, 0) is 0 Å². The molecular formula is C8H15NO4. The second kappa shape index (κ2) is 4.17. The van der Waals surface area contributed by atoms with Gasteiger partial charge in [0.05, 0.1) is 12.6 Å². The van der Waals surface area contributed by atoms with Gasteiger partial charge in [0.2, 0.25) is 0 Å². The van der Waals surface area contributed by atoms with Gasteiger partial charge < -0.3 is 25.7 Å². The molecule has 0 aromatic rings. The Morgan fingerprint density at radius 1 is 1.31 bits per heavy atom. The quantitative estimate of drug-likeness (QED) is 0.312. The van der Waals surface area contributed by atoms with Crippen LogP contribution < -0.4 is 5.32 Å². The lowest BCUT2D eigenvalue weighted by atomic mass is 9.88. The van der Waals surface area contributed by atoms with Crippen LogP contribution in [0.5, 0.6) is 0 Å². The molecule has 4 atom stereocenters. The van der Waals surface area contributed by atoms with Gasteiger partial charge in [0.15, 0.2) is 0 Å². The van der Waals surface area contributed by atoms with Crippen molar-refractivity contribution in [2.45, 2.75) is 24.4 Å². The molecule has 1 aliphatic carbocycles. The number of likely N-dealkylation sites (N-methyl/N-ethyl adjacent to an activating group) is 1. The van der Waals surface area contributed by atoms with E-state index in [0.29, 0.717) is 5.57 Å². The van der Waals surface area contributed by atoms with Crippen LogP contribution >= 0.6 is 0 Å². The van der Waals surface area contributed by atoms with E-state index in [1.54, 1.807) is 7.05 Å². The highest BCUT2D eigenvalue weighted by molar-refractivity contribution is 5.21. The van der Waals surface area contributed by atoms with E-state index in [0.717, 1.165) is 0 Å². The Kier molecular flexibility index (Phi) is 3.40. The molecule has 0 saturated carbocycles. The van der Waals surface area contributed by atoms with Crippen molar-refractivity contribution in [3.63, 3.8) is 0 Å². The fourth-order valence-corrected chi connectivity index (χ4v) is 1.45. The smallest absolute Gasteiger partial charge is 0.111 e. The Bertz CT molecular complexity index is 206. The van der Waals surface area contributed by atoms with Crippen LogP contribution in [-0.4, -0.2) is 58.4 Å². The lowest BCUT2D eigenvalue weighted by Crippen LogP contribution is -2.53. The number of hydrogen-bond acceptors (Lipinski definition) is 5. The molecule has 0 aromatic heterocycles. The summed E-state index contributed by atoms with van der Waals surface area (Å²) >= 11 is 0. The van der Waals surface area contributed by atoms with Gasteiger partial charge in [-0.15, -0.1) is 0 Å². The Morgan fingerprint density at radius 3 is 2.38 bits per heavy atom. The van der Waals surface area contributed by atoms with Crippen LogP contribution in [0.4, 0.5) is 0 Å². The molecule has 0 heterocycles. The van der Waals surface area contributed by atoms with E-state index >= 15 is 0 Å². The molecule has 4 unspecified atom stereocenters. The molecule has 1 aliphatic rings. The summed E-state index contributed by atoms with van der Waals surface area (Å²) in [6, 6.07) is -0.430. The predicted octanol–water partition coefficient (Wildman–Crippen LogP) is -2.41. The van der Waals surface area contributed by atoms with Gasteiger partial charge in [-0.1, -0.05) is 6.08 Å². The standard InChI is InChI=1S/C8H15NO4/c1-9-5-2-4(3-10)6(11)8(13)7(5)12/h2,5-13H,3H2,1H3. The highest BCUT2D eigenvalue weighted by Crippen LogP contribution is 2.19. The van der Waals surface area contributed by atoms with Gasteiger partial charge >= 0.3 is 0 Å². The maximum Gasteiger partial charge on any atom is 0.111 e. The minimum atomic E-state index is -1.25. The van der Waals surface area contributed by atoms with E-state index in [1.807, 2.05) is 0 Å². The third-order valence-electron chi connectivity index (χ3n) is 2.33. The molecule has 5 heteroatoms. The van der Waals surface area contributed by atoms with E-state index < -0.39 is 24.4 Å². The second-order valence-corrected chi connectivity index (χ2v) is 3.14. The van der Waals surface area contributed by atoms with Gasteiger partial charge in [-0.3, -0.25) is 0 Å². The van der Waals surface area contributed by atoms with E-state index in [9.17, 15) is 15.3 Å². The Labute approximate surface area is 76.3 Å². The molecule has 0 amide bonds. The van der Waals surface area contributed by atoms with E-state index in [2.05, 4.69) is 5.32 Å². The zero-order valence-corrected chi connectivity index (χ0v) is 7.38. The van der Waals surface area contributed by atoms with Crippen molar-refractivity contribution >= 4 is 0 Å². The molecule has 0 fully saturated rings. The number of hydrogen-bond donors (Lipinski definition) is 5. The minimum Gasteiger partial charge on any atom is -0.392 e. The summed E-state index contributed by atoms with van der Waals surface area (Å²) in [5.41, 5.74) is 0.331. The summed E-state index contributed by atoms with van der Waals surface area (Å²) in [5.74, 6) is 0. The molecule has 0 aromatic carbocycles. The second-order valence-electron chi connectivity index (χ2n) is 3.14. The van der Waals surface area contributed by atoms with Crippen LogP contribution in [0.25, 0.3) is 0 Å². The lowest BCUT2D eigenvalue weighted by Gasteiger charge is -2.33. The Hall–Kier alpha value is -0.460. The molecule has 0 spiro atoms. The predicted molar refractivity (Wildman–Crippen MR) is 46.0 cm³/mol. The molecule has 5 nitrogen and oxygen atoms in total. The van der Waals surface area contributed by atoms with Gasteiger partial charge in [0.25, 0.3) is 0 Å². The average Bonchev–Trinajstić information content (AvgIpc) is 2.15. The zero-order chi connectivity index (χ0) is 10.0. The first kappa shape index (κ1) is 10.6. The highest BCUT2D eigenvalue weighted by atomic mass is 16.4. The molecule has 5 N–H and O–H groups in total. The molecule has 76 valence electrons. The van der Waals surface area contributed by atoms with E-state index in [4.69, 9.17) is 5.11 Å². The zero-order valence-electron chi connectivity index (χ0n) is 7.38. The third kappa shape index (κ3) is 1.90. The molecule has 0 radical (unpaired) electrons. The van der Waals surface area contributed by atoms with Crippen molar-refractivity contribution in [3.8, 4) is 0 Å². The first-order chi connectivity index (χ1) is 6.11. The van der Waals surface area contributed by atoms with E-state index in [1.165, 1.54) is 6.08 Å². The van der Waals surface area contributed by atoms with Crippen LogP contribution in [0.3, 0.4) is 0 Å². The number of nitrogens with one attached hydrogen (secondary N) is 1. The van der Waals surface area contributed by atoms with E-state index in [-0.39, 0.29) is 6.61 Å². The van der Waals surface area contributed by atoms with Crippen LogP contribution in [0.1, 0.15) is 0 Å². The van der Waals surface area contributed by atoms with Gasteiger partial charge in [0, 0.05) is 0 Å². The van der Waals surface area contributed by atoms with Crippen molar-refractivity contribution < 1.29 is 20.4 Å². The van der Waals surface area contributed by atoms with Gasteiger partial charge in [-0.25, -0.2) is 0 Å². The number of aliphatic hydroxyl groups excluding tert-OH is 4. The molecule has 0 bridgehead atoms. The summed E-state index contributed by atoms with van der Waals surface area (Å²) in [6.45, 7) is -0.316. The van der Waals surface area contributed by atoms with Crippen LogP contribution in [0, 0.1) is 0 Å². The summed E-state index contributed by atoms with van der Waals surface area (Å²) in [4.78, 5) is 0.